The van der Waals surface area contributed by atoms with Crippen LogP contribution in [0.2, 0.25) is 0 Å². The van der Waals surface area contributed by atoms with E-state index in [9.17, 15) is 9.59 Å². The van der Waals surface area contributed by atoms with Crippen LogP contribution in [-0.4, -0.2) is 34.2 Å². The van der Waals surface area contributed by atoms with E-state index in [0.29, 0.717) is 10.8 Å². The van der Waals surface area contributed by atoms with Crippen molar-refractivity contribution in [2.75, 3.05) is 11.4 Å². The van der Waals surface area contributed by atoms with Gasteiger partial charge in [0.25, 0.3) is 11.1 Å². The Labute approximate surface area is 172 Å². The van der Waals surface area contributed by atoms with Gasteiger partial charge in [0.1, 0.15) is 0 Å². The number of hydrogen-bond donors (Lipinski definition) is 0. The summed E-state index contributed by atoms with van der Waals surface area (Å²) in [6, 6.07) is 6.11. The molecule has 0 spiro atoms. The van der Waals surface area contributed by atoms with Gasteiger partial charge in [-0.15, -0.1) is 6.58 Å². The molecule has 0 aromatic heterocycles. The van der Waals surface area contributed by atoms with Gasteiger partial charge in [0, 0.05) is 17.8 Å². The monoisotopic (exact) mass is 398 g/mol. The number of anilines is 1. The summed E-state index contributed by atoms with van der Waals surface area (Å²) in [7, 11) is 0. The molecule has 2 aliphatic rings. The first kappa shape index (κ1) is 20.7. The Hall–Kier alpha value is -2.01. The molecule has 4 nitrogen and oxygen atoms in total. The summed E-state index contributed by atoms with van der Waals surface area (Å²) in [6.07, 6.45) is 5.66. The van der Waals surface area contributed by atoms with Crippen molar-refractivity contribution in [2.45, 2.75) is 65.0 Å². The Balaban J connectivity index is 1.95. The van der Waals surface area contributed by atoms with Crippen molar-refractivity contribution in [2.24, 2.45) is 0 Å². The number of thioether (sulfide) groups is 1. The van der Waals surface area contributed by atoms with Crippen LogP contribution in [0.25, 0.3) is 6.08 Å². The molecular formula is C23H30N2O2S. The van der Waals surface area contributed by atoms with Gasteiger partial charge in [0.15, 0.2) is 0 Å². The largest absolute Gasteiger partial charge is 0.366 e. The molecule has 0 radical (unpaired) electrons. The van der Waals surface area contributed by atoms with Crippen molar-refractivity contribution in [3.8, 4) is 0 Å². The minimum Gasteiger partial charge on any atom is -0.366 e. The average Bonchev–Trinajstić information content (AvgIpc) is 2.91. The van der Waals surface area contributed by atoms with Gasteiger partial charge in [-0.2, -0.15) is 0 Å². The highest BCUT2D eigenvalue weighted by Gasteiger charge is 2.38. The van der Waals surface area contributed by atoms with Gasteiger partial charge in [0.2, 0.25) is 0 Å². The number of carbonyl (C=O) groups excluding carboxylic acids is 2. The van der Waals surface area contributed by atoms with Crippen molar-refractivity contribution < 1.29 is 9.59 Å². The Kier molecular flexibility index (Phi) is 5.76. The zero-order chi connectivity index (χ0) is 20.6. The molecule has 1 aromatic rings. The van der Waals surface area contributed by atoms with Crippen LogP contribution >= 0.6 is 11.8 Å². The molecule has 1 aromatic carbocycles. The van der Waals surface area contributed by atoms with Gasteiger partial charge in [-0.3, -0.25) is 14.5 Å². The van der Waals surface area contributed by atoms with Gasteiger partial charge in [0.05, 0.1) is 10.9 Å². The van der Waals surface area contributed by atoms with Crippen LogP contribution in [0.3, 0.4) is 0 Å². The fourth-order valence-corrected chi connectivity index (χ4v) is 5.25. The molecule has 2 heterocycles. The molecule has 5 heteroatoms. The molecule has 150 valence electrons. The quantitative estimate of drug-likeness (QED) is 0.464. The van der Waals surface area contributed by atoms with Gasteiger partial charge >= 0.3 is 0 Å². The predicted molar refractivity (Wildman–Crippen MR) is 119 cm³/mol. The molecule has 2 aliphatic heterocycles. The van der Waals surface area contributed by atoms with E-state index in [4.69, 9.17) is 0 Å². The minimum atomic E-state index is -0.299. The van der Waals surface area contributed by atoms with E-state index in [0.717, 1.165) is 36.7 Å². The second-order valence-electron chi connectivity index (χ2n) is 8.42. The van der Waals surface area contributed by atoms with E-state index >= 15 is 0 Å². The summed E-state index contributed by atoms with van der Waals surface area (Å²) < 4.78 is 0. The van der Waals surface area contributed by atoms with Crippen LogP contribution in [-0.2, 0) is 4.79 Å². The smallest absolute Gasteiger partial charge is 0.294 e. The summed E-state index contributed by atoms with van der Waals surface area (Å²) in [5, 5.41) is -0.231. The van der Waals surface area contributed by atoms with Crippen molar-refractivity contribution in [1.29, 1.82) is 0 Å². The summed E-state index contributed by atoms with van der Waals surface area (Å²) in [6.45, 7) is 15.6. The number of amides is 2. The summed E-state index contributed by atoms with van der Waals surface area (Å²) in [4.78, 5) is 29.1. The maximum absolute atomic E-state index is 12.7. The predicted octanol–water partition coefficient (Wildman–Crippen LogP) is 5.80. The number of benzene rings is 1. The van der Waals surface area contributed by atoms with Crippen LogP contribution < -0.4 is 4.90 Å². The molecule has 1 saturated heterocycles. The van der Waals surface area contributed by atoms with Crippen LogP contribution in [0.4, 0.5) is 10.5 Å². The first-order valence-electron chi connectivity index (χ1n) is 10.0. The molecule has 28 heavy (non-hydrogen) atoms. The van der Waals surface area contributed by atoms with E-state index in [1.807, 2.05) is 6.08 Å². The maximum atomic E-state index is 12.7. The topological polar surface area (TPSA) is 40.6 Å². The lowest BCUT2D eigenvalue weighted by Crippen LogP contribution is -2.48. The van der Waals surface area contributed by atoms with Crippen molar-refractivity contribution in [1.82, 2.24) is 4.90 Å². The maximum Gasteiger partial charge on any atom is 0.294 e. The SMILES string of the molecule is C=CC(C)N1C(=O)S/C(=C/c2ccc3c(c2)C(C)CC(C)(C)N3CCC)C1=O. The van der Waals surface area contributed by atoms with Crippen molar-refractivity contribution in [3.05, 3.63) is 46.9 Å². The second-order valence-corrected chi connectivity index (χ2v) is 9.41. The zero-order valence-electron chi connectivity index (χ0n) is 17.5. The van der Waals surface area contributed by atoms with E-state index in [-0.39, 0.29) is 22.7 Å². The first-order chi connectivity index (χ1) is 13.2. The molecule has 0 saturated carbocycles. The average molecular weight is 399 g/mol. The molecule has 0 bridgehead atoms. The van der Waals surface area contributed by atoms with Crippen LogP contribution in [0.1, 0.15) is 64.5 Å². The Bertz CT molecular complexity index is 843. The third-order valence-corrected chi connectivity index (χ3v) is 6.61. The lowest BCUT2D eigenvalue weighted by atomic mass is 9.79. The second kappa shape index (κ2) is 7.78. The third kappa shape index (κ3) is 3.64. The van der Waals surface area contributed by atoms with Gasteiger partial charge < -0.3 is 4.90 Å². The third-order valence-electron chi connectivity index (χ3n) is 5.73. The fourth-order valence-electron chi connectivity index (χ4n) is 4.33. The van der Waals surface area contributed by atoms with Crippen molar-refractivity contribution in [3.63, 3.8) is 0 Å². The normalized spacial score (nSPS) is 23.9. The van der Waals surface area contributed by atoms with E-state index in [1.54, 1.807) is 13.0 Å². The zero-order valence-corrected chi connectivity index (χ0v) is 18.3. The molecular weight excluding hydrogens is 368 g/mol. The van der Waals surface area contributed by atoms with Gasteiger partial charge in [-0.25, -0.2) is 0 Å². The summed E-state index contributed by atoms with van der Waals surface area (Å²) in [5.74, 6) is 0.212. The number of carbonyl (C=O) groups is 2. The Morgan fingerprint density at radius 2 is 2.07 bits per heavy atom. The van der Waals surface area contributed by atoms with E-state index in [2.05, 4.69) is 57.4 Å². The highest BCUT2D eigenvalue weighted by atomic mass is 32.2. The van der Waals surface area contributed by atoms with E-state index < -0.39 is 0 Å². The summed E-state index contributed by atoms with van der Waals surface area (Å²) >= 11 is 1.01. The number of hydrogen-bond acceptors (Lipinski definition) is 4. The van der Waals surface area contributed by atoms with Crippen molar-refractivity contribution >= 4 is 34.7 Å². The lowest BCUT2D eigenvalue weighted by molar-refractivity contribution is -0.123. The number of imide groups is 1. The summed E-state index contributed by atoms with van der Waals surface area (Å²) in [5.41, 5.74) is 3.71. The number of fused-ring (bicyclic) bond motifs is 1. The van der Waals surface area contributed by atoms with Crippen LogP contribution in [0.5, 0.6) is 0 Å². The molecule has 2 amide bonds. The molecule has 0 aliphatic carbocycles. The van der Waals surface area contributed by atoms with E-state index in [1.165, 1.54) is 16.2 Å². The number of rotatable bonds is 5. The minimum absolute atomic E-state index is 0.132. The number of nitrogens with zero attached hydrogens (tertiary/aromatic N) is 2. The van der Waals surface area contributed by atoms with Gasteiger partial charge in [-0.05, 0) is 80.6 Å². The molecule has 3 rings (SSSR count). The van der Waals surface area contributed by atoms with Crippen LogP contribution in [0.15, 0.2) is 35.8 Å². The Morgan fingerprint density at radius 1 is 1.36 bits per heavy atom. The highest BCUT2D eigenvalue weighted by molar-refractivity contribution is 8.18. The Morgan fingerprint density at radius 3 is 2.71 bits per heavy atom. The molecule has 2 unspecified atom stereocenters. The lowest BCUT2D eigenvalue weighted by Gasteiger charge is -2.47. The molecule has 1 fully saturated rings. The standard InChI is InChI=1S/C23H30N2O2S/c1-7-11-24-19-10-9-17(12-18(19)15(3)14-23(24,5)6)13-20-21(26)25(16(4)8-2)22(27)28-20/h8-10,12-13,15-16H,2,7,11,14H2,1,3-6H3/b20-13+. The van der Waals surface area contributed by atoms with Gasteiger partial charge in [-0.1, -0.05) is 26.0 Å². The van der Waals surface area contributed by atoms with Crippen LogP contribution in [0, 0.1) is 0 Å². The first-order valence-corrected chi connectivity index (χ1v) is 10.8. The highest BCUT2D eigenvalue weighted by Crippen LogP contribution is 2.44. The molecule has 0 N–H and O–H groups in total. The fraction of sp³-hybridized carbons (Fsp3) is 0.478. The molecule has 2 atom stereocenters.